The summed E-state index contributed by atoms with van der Waals surface area (Å²) >= 11 is 0. The first-order valence-electron chi connectivity index (χ1n) is 14.8. The number of carboxylic acids is 1. The van der Waals surface area contributed by atoms with Crippen LogP contribution in [0.25, 0.3) is 0 Å². The Balaban J connectivity index is 0.000000680. The molecular formula is C29H44N4O14. The molecule has 2 atom stereocenters. The smallest absolute Gasteiger partial charge is 0.332 e. The predicted molar refractivity (Wildman–Crippen MR) is 160 cm³/mol. The molecule has 2 saturated heterocycles. The topological polar surface area (TPSA) is 259 Å². The zero-order chi connectivity index (χ0) is 35.8. The van der Waals surface area contributed by atoms with Crippen molar-refractivity contribution in [2.24, 2.45) is 5.92 Å². The number of carbonyl (C=O) groups is 9. The molecule has 2 unspecified atom stereocenters. The lowest BCUT2D eigenvalue weighted by atomic mass is 9.89. The third-order valence-corrected chi connectivity index (χ3v) is 5.63. The van der Waals surface area contributed by atoms with Crippen molar-refractivity contribution < 1.29 is 67.2 Å². The molecule has 0 aromatic rings. The molecule has 47 heavy (non-hydrogen) atoms. The summed E-state index contributed by atoms with van der Waals surface area (Å²) in [6.07, 6.45) is 4.32. The van der Waals surface area contributed by atoms with Gasteiger partial charge in [0, 0.05) is 45.8 Å². The number of carbonyl (C=O) groups excluding carboxylic acids is 8. The minimum absolute atomic E-state index is 0.0862. The lowest BCUT2D eigenvalue weighted by Crippen LogP contribution is -2.61. The predicted octanol–water partition coefficient (Wildman–Crippen LogP) is 0.617. The monoisotopic (exact) mass is 672 g/mol. The Morgan fingerprint density at radius 3 is 1.94 bits per heavy atom. The molecule has 7 amide bonds. The molecule has 264 valence electrons. The summed E-state index contributed by atoms with van der Waals surface area (Å²) in [5.74, 6) is -4.11. The number of ether oxygens (including phenoxy) is 4. The largest absolute Gasteiger partial charge is 0.481 e. The van der Waals surface area contributed by atoms with Gasteiger partial charge in [-0.3, -0.25) is 44.7 Å². The van der Waals surface area contributed by atoms with E-state index in [1.54, 1.807) is 0 Å². The number of nitrogens with one attached hydrogen (secondary N) is 4. The number of ketones is 1. The van der Waals surface area contributed by atoms with Crippen LogP contribution in [0.1, 0.15) is 72.1 Å². The fourth-order valence-corrected chi connectivity index (χ4v) is 3.75. The van der Waals surface area contributed by atoms with E-state index < -0.39 is 59.8 Å². The van der Waals surface area contributed by atoms with E-state index in [1.165, 1.54) is 13.2 Å². The van der Waals surface area contributed by atoms with E-state index in [0.717, 1.165) is 26.4 Å². The molecule has 5 N–H and O–H groups in total. The molecule has 0 bridgehead atoms. The standard InChI is InChI=1S/C13H18N2O5.C10H18O4.C4H4N2O3.C2H4O2/c1-2-5-19-6-3-4-8-7-9(16)20-12-10(8)11(17)14-13(18)15-12;1-3-6-14-7-4-5-9(11)8-10(12)13-2;7-2-1-3(8)6-4(9)5-2;1-2(3)4/h7,10,12H,2-6H2,1H3,(H2,14,15,17,18);3-8H2,1-2H3;1H2,(H2,5,6,7,8,9);1H3,(H,3,4). The molecule has 3 aliphatic heterocycles. The Morgan fingerprint density at radius 1 is 0.872 bits per heavy atom. The van der Waals surface area contributed by atoms with Gasteiger partial charge in [0.15, 0.2) is 6.23 Å². The molecule has 18 heteroatoms. The maximum absolute atomic E-state index is 11.9. The van der Waals surface area contributed by atoms with E-state index in [-0.39, 0.29) is 18.6 Å². The van der Waals surface area contributed by atoms with Gasteiger partial charge < -0.3 is 29.4 Å². The van der Waals surface area contributed by atoms with Crippen molar-refractivity contribution in [2.75, 3.05) is 33.5 Å². The third-order valence-electron chi connectivity index (χ3n) is 5.63. The second-order valence-corrected chi connectivity index (χ2v) is 9.86. The van der Waals surface area contributed by atoms with E-state index in [2.05, 4.69) is 15.4 Å². The van der Waals surface area contributed by atoms with Gasteiger partial charge in [0.1, 0.15) is 24.5 Å². The van der Waals surface area contributed by atoms with Gasteiger partial charge in [-0.2, -0.15) is 0 Å². The maximum Gasteiger partial charge on any atom is 0.332 e. The van der Waals surface area contributed by atoms with Crippen molar-refractivity contribution in [3.8, 4) is 0 Å². The highest BCUT2D eigenvalue weighted by Gasteiger charge is 2.42. The summed E-state index contributed by atoms with van der Waals surface area (Å²) in [4.78, 5) is 96.1. The van der Waals surface area contributed by atoms with Crippen molar-refractivity contribution in [3.63, 3.8) is 0 Å². The maximum atomic E-state index is 11.9. The molecule has 0 radical (unpaired) electrons. The van der Waals surface area contributed by atoms with Crippen LogP contribution in [0.15, 0.2) is 11.6 Å². The number of methoxy groups -OCH3 is 1. The van der Waals surface area contributed by atoms with E-state index in [9.17, 15) is 38.4 Å². The van der Waals surface area contributed by atoms with E-state index in [1.807, 2.05) is 24.5 Å². The van der Waals surface area contributed by atoms with Crippen LogP contribution in [-0.2, 0) is 52.5 Å². The number of carboxylic acid groups (broad SMARTS) is 1. The number of Topliss-reactive ketones (excluding diaryl/α,β-unsaturated/α-hetero) is 1. The Kier molecular flexibility index (Phi) is 22.1. The normalized spacial score (nSPS) is 17.8. The van der Waals surface area contributed by atoms with Crippen LogP contribution in [0.4, 0.5) is 9.59 Å². The van der Waals surface area contributed by atoms with Crippen molar-refractivity contribution in [1.29, 1.82) is 0 Å². The molecular weight excluding hydrogens is 628 g/mol. The number of barbiturate groups is 1. The van der Waals surface area contributed by atoms with E-state index in [0.29, 0.717) is 51.1 Å². The van der Waals surface area contributed by atoms with Crippen LogP contribution in [-0.4, -0.2) is 98.3 Å². The molecule has 3 rings (SSSR count). The van der Waals surface area contributed by atoms with Gasteiger partial charge in [-0.1, -0.05) is 13.8 Å². The van der Waals surface area contributed by atoms with E-state index in [4.69, 9.17) is 24.1 Å². The van der Waals surface area contributed by atoms with Crippen molar-refractivity contribution >= 4 is 53.5 Å². The highest BCUT2D eigenvalue weighted by Crippen LogP contribution is 2.27. The van der Waals surface area contributed by atoms with Gasteiger partial charge in [-0.25, -0.2) is 14.4 Å². The summed E-state index contributed by atoms with van der Waals surface area (Å²) in [5.41, 5.74) is 0.670. The Hall–Kier alpha value is -4.71. The first-order valence-corrected chi connectivity index (χ1v) is 14.8. The molecule has 0 aromatic carbocycles. The van der Waals surface area contributed by atoms with E-state index >= 15 is 0 Å². The number of fused-ring (bicyclic) bond motifs is 1. The molecule has 18 nitrogen and oxygen atoms in total. The number of hydrogen-bond donors (Lipinski definition) is 5. The number of aliphatic carboxylic acids is 1. The number of hydrogen-bond acceptors (Lipinski definition) is 13. The lowest BCUT2D eigenvalue weighted by Gasteiger charge is -2.34. The summed E-state index contributed by atoms with van der Waals surface area (Å²) in [5, 5.41) is 15.8. The molecule has 0 saturated carbocycles. The molecule has 0 aliphatic carbocycles. The van der Waals surface area contributed by atoms with Crippen molar-refractivity contribution in [1.82, 2.24) is 21.3 Å². The molecule has 0 aromatic heterocycles. The Bertz CT molecular complexity index is 1100. The fraction of sp³-hybridized carbons (Fsp3) is 0.621. The van der Waals surface area contributed by atoms with Crippen molar-refractivity contribution in [3.05, 3.63) is 11.6 Å². The van der Waals surface area contributed by atoms with Gasteiger partial charge in [0.2, 0.25) is 17.7 Å². The highest BCUT2D eigenvalue weighted by molar-refractivity contribution is 6.14. The number of rotatable bonds is 14. The fourth-order valence-electron chi connectivity index (χ4n) is 3.75. The van der Waals surface area contributed by atoms with Gasteiger partial charge in [-0.05, 0) is 37.7 Å². The van der Waals surface area contributed by atoms with Gasteiger partial charge in [0.05, 0.1) is 7.11 Å². The second kappa shape index (κ2) is 24.5. The SMILES string of the molecule is CC(=O)O.CCCOCCCC(=O)CC(=O)OC.CCCOCCCC1=CC(=O)OC2NC(=O)NC(=O)C12.O=C1CC(=O)NC(=O)N1. The average molecular weight is 673 g/mol. The first kappa shape index (κ1) is 42.3. The van der Waals surface area contributed by atoms with Crippen LogP contribution in [0.5, 0.6) is 0 Å². The number of urea groups is 2. The van der Waals surface area contributed by atoms with Crippen molar-refractivity contribution in [2.45, 2.75) is 78.4 Å². The average Bonchev–Trinajstić information content (AvgIpc) is 2.96. The van der Waals surface area contributed by atoms with Crippen LogP contribution < -0.4 is 21.3 Å². The zero-order valence-corrected chi connectivity index (χ0v) is 27.0. The Labute approximate surface area is 271 Å². The summed E-state index contributed by atoms with van der Waals surface area (Å²) in [6.45, 7) is 7.73. The number of amides is 7. The summed E-state index contributed by atoms with van der Waals surface area (Å²) < 4.78 is 19.9. The summed E-state index contributed by atoms with van der Waals surface area (Å²) in [6, 6.07) is -1.38. The minimum Gasteiger partial charge on any atom is -0.481 e. The highest BCUT2D eigenvalue weighted by atomic mass is 16.6. The molecule has 2 fully saturated rings. The third kappa shape index (κ3) is 20.9. The van der Waals surface area contributed by atoms with Gasteiger partial charge in [0.25, 0.3) is 5.97 Å². The Morgan fingerprint density at radius 2 is 1.43 bits per heavy atom. The van der Waals surface area contributed by atoms with Gasteiger partial charge in [-0.15, -0.1) is 0 Å². The number of esters is 2. The van der Waals surface area contributed by atoms with Gasteiger partial charge >= 0.3 is 24.0 Å². The van der Waals surface area contributed by atoms with Crippen LogP contribution in [0, 0.1) is 5.92 Å². The first-order chi connectivity index (χ1) is 22.2. The zero-order valence-electron chi connectivity index (χ0n) is 27.0. The quantitative estimate of drug-likeness (QED) is 0.0963. The molecule has 3 aliphatic rings. The van der Waals surface area contributed by atoms with Crippen LogP contribution in [0.3, 0.4) is 0 Å². The van der Waals surface area contributed by atoms with Crippen LogP contribution >= 0.6 is 0 Å². The molecule has 0 spiro atoms. The van der Waals surface area contributed by atoms with Crippen LogP contribution in [0.2, 0.25) is 0 Å². The lowest BCUT2D eigenvalue weighted by molar-refractivity contribution is -0.152. The molecule has 3 heterocycles. The minimum atomic E-state index is -0.902. The second-order valence-electron chi connectivity index (χ2n) is 9.86. The summed E-state index contributed by atoms with van der Waals surface area (Å²) in [7, 11) is 1.28. The number of imide groups is 3.